The number of benzene rings is 1. The highest BCUT2D eigenvalue weighted by Gasteiger charge is 2.59. The van der Waals surface area contributed by atoms with Crippen LogP contribution in [0.3, 0.4) is 0 Å². The molecule has 2 aliphatic carbocycles. The molecule has 1 aliphatic heterocycles. The zero-order valence-electron chi connectivity index (χ0n) is 17.2. The summed E-state index contributed by atoms with van der Waals surface area (Å²) in [6.45, 7) is 5.21. The second kappa shape index (κ2) is 7.78. The van der Waals surface area contributed by atoms with E-state index < -0.39 is 5.92 Å². The highest BCUT2D eigenvalue weighted by atomic mass is 19.3. The lowest BCUT2D eigenvalue weighted by Gasteiger charge is -2.26. The number of anilines is 1. The van der Waals surface area contributed by atoms with Crippen molar-refractivity contribution in [2.75, 3.05) is 18.4 Å². The predicted molar refractivity (Wildman–Crippen MR) is 108 cm³/mol. The van der Waals surface area contributed by atoms with Crippen molar-refractivity contribution in [1.29, 1.82) is 0 Å². The summed E-state index contributed by atoms with van der Waals surface area (Å²) in [6, 6.07) is 6.39. The molecule has 1 aromatic carbocycles. The molecule has 2 saturated carbocycles. The Labute approximate surface area is 171 Å². The molecule has 0 aromatic heterocycles. The van der Waals surface area contributed by atoms with Crippen LogP contribution in [0.2, 0.25) is 0 Å². The third-order valence-corrected chi connectivity index (χ3v) is 7.03. The average molecular weight is 405 g/mol. The first-order valence-electron chi connectivity index (χ1n) is 10.8. The van der Waals surface area contributed by atoms with Crippen LogP contribution in [-0.2, 0) is 15.5 Å². The summed E-state index contributed by atoms with van der Waals surface area (Å²) in [5.74, 6) is -1.18. The fourth-order valence-electron chi connectivity index (χ4n) is 5.34. The molecular formula is C23H30F2N2O2. The SMILES string of the molecule is CC1CCC(N2C[C@@H]3C(C(=O)CCC(=O)Nc4cccc(C(C)(F)F)c4)[C@@H]3C2)C1. The quantitative estimate of drug-likeness (QED) is 0.730. The van der Waals surface area contributed by atoms with Gasteiger partial charge in [-0.15, -0.1) is 0 Å². The van der Waals surface area contributed by atoms with Gasteiger partial charge in [0.2, 0.25) is 5.91 Å². The van der Waals surface area contributed by atoms with E-state index in [1.807, 2.05) is 0 Å². The summed E-state index contributed by atoms with van der Waals surface area (Å²) >= 11 is 0. The molecule has 29 heavy (non-hydrogen) atoms. The minimum atomic E-state index is -2.95. The molecule has 158 valence electrons. The summed E-state index contributed by atoms with van der Waals surface area (Å²) in [7, 11) is 0. The number of nitrogens with one attached hydrogen (secondary N) is 1. The summed E-state index contributed by atoms with van der Waals surface area (Å²) in [5.41, 5.74) is 0.199. The van der Waals surface area contributed by atoms with Crippen LogP contribution in [0.4, 0.5) is 14.5 Å². The molecule has 4 rings (SSSR count). The van der Waals surface area contributed by atoms with E-state index in [-0.39, 0.29) is 36.0 Å². The van der Waals surface area contributed by atoms with Gasteiger partial charge in [-0.25, -0.2) is 8.78 Å². The molecule has 3 fully saturated rings. The number of halogens is 2. The molecule has 1 heterocycles. The maximum absolute atomic E-state index is 13.4. The van der Waals surface area contributed by atoms with Gasteiger partial charge in [0.05, 0.1) is 0 Å². The van der Waals surface area contributed by atoms with Crippen LogP contribution < -0.4 is 5.32 Å². The molecule has 0 bridgehead atoms. The Kier molecular flexibility index (Phi) is 5.49. The van der Waals surface area contributed by atoms with E-state index in [0.717, 1.165) is 25.9 Å². The van der Waals surface area contributed by atoms with E-state index in [4.69, 9.17) is 0 Å². The van der Waals surface area contributed by atoms with Crippen LogP contribution in [0.5, 0.6) is 0 Å². The zero-order chi connectivity index (χ0) is 20.8. The Balaban J connectivity index is 1.21. The maximum atomic E-state index is 13.4. The third kappa shape index (κ3) is 4.52. The van der Waals surface area contributed by atoms with Gasteiger partial charge in [-0.2, -0.15) is 0 Å². The van der Waals surface area contributed by atoms with Gasteiger partial charge >= 0.3 is 0 Å². The normalized spacial score (nSPS) is 31.5. The number of hydrogen-bond acceptors (Lipinski definition) is 3. The highest BCUT2D eigenvalue weighted by molar-refractivity contribution is 5.94. The summed E-state index contributed by atoms with van der Waals surface area (Å²) < 4.78 is 26.8. The van der Waals surface area contributed by atoms with Crippen molar-refractivity contribution in [1.82, 2.24) is 4.90 Å². The fraction of sp³-hybridized carbons (Fsp3) is 0.652. The minimum Gasteiger partial charge on any atom is -0.326 e. The number of alkyl halides is 2. The van der Waals surface area contributed by atoms with Crippen molar-refractivity contribution in [3.8, 4) is 0 Å². The smallest absolute Gasteiger partial charge is 0.270 e. The standard InChI is InChI=1S/C23H30F2N2O2/c1-14-6-7-17(10-14)27-12-18-19(13-27)22(18)20(28)8-9-21(29)26-16-5-3-4-15(11-16)23(2,24)25/h3-5,11,14,17-19,22H,6-10,12-13H2,1-2H3,(H,26,29)/t14?,17?,18-,19+,22?. The largest absolute Gasteiger partial charge is 0.326 e. The van der Waals surface area contributed by atoms with Gasteiger partial charge in [-0.1, -0.05) is 19.1 Å². The Morgan fingerprint density at radius 3 is 2.52 bits per heavy atom. The average Bonchev–Trinajstić information content (AvgIpc) is 2.98. The number of hydrogen-bond donors (Lipinski definition) is 1. The second-order valence-corrected chi connectivity index (χ2v) is 9.36. The number of amides is 1. The number of nitrogens with zero attached hydrogens (tertiary/aromatic N) is 1. The minimum absolute atomic E-state index is 0.103. The topological polar surface area (TPSA) is 49.4 Å². The monoisotopic (exact) mass is 404 g/mol. The Morgan fingerprint density at radius 2 is 1.90 bits per heavy atom. The molecule has 0 spiro atoms. The first-order chi connectivity index (χ1) is 13.7. The molecule has 3 aliphatic rings. The van der Waals surface area contributed by atoms with Crippen LogP contribution in [0.1, 0.15) is 51.5 Å². The van der Waals surface area contributed by atoms with Gasteiger partial charge in [0.15, 0.2) is 0 Å². The number of likely N-dealkylation sites (tertiary alicyclic amines) is 1. The van der Waals surface area contributed by atoms with E-state index in [0.29, 0.717) is 23.6 Å². The Bertz CT molecular complexity index is 779. The first-order valence-corrected chi connectivity index (χ1v) is 10.8. The van der Waals surface area contributed by atoms with E-state index in [1.54, 1.807) is 6.07 Å². The predicted octanol–water partition coefficient (Wildman–Crippen LogP) is 4.45. The number of fused-ring (bicyclic) bond motifs is 1. The van der Waals surface area contributed by atoms with E-state index in [9.17, 15) is 18.4 Å². The maximum Gasteiger partial charge on any atom is 0.270 e. The van der Waals surface area contributed by atoms with Crippen molar-refractivity contribution in [3.05, 3.63) is 29.8 Å². The number of piperidine rings is 1. The van der Waals surface area contributed by atoms with Crippen molar-refractivity contribution in [2.45, 2.75) is 57.9 Å². The molecule has 3 unspecified atom stereocenters. The Hall–Kier alpha value is -1.82. The molecule has 1 N–H and O–H groups in total. The van der Waals surface area contributed by atoms with E-state index in [2.05, 4.69) is 17.1 Å². The van der Waals surface area contributed by atoms with Crippen molar-refractivity contribution >= 4 is 17.4 Å². The number of carbonyl (C=O) groups is 2. The summed E-state index contributed by atoms with van der Waals surface area (Å²) in [4.78, 5) is 27.3. The van der Waals surface area contributed by atoms with Crippen LogP contribution in [0.25, 0.3) is 0 Å². The van der Waals surface area contributed by atoms with Crippen molar-refractivity contribution < 1.29 is 18.4 Å². The first kappa shape index (κ1) is 20.5. The molecule has 1 aromatic rings. The molecule has 6 heteroatoms. The number of Topliss-reactive ketones (excluding diaryl/α,β-unsaturated/α-hetero) is 1. The van der Waals surface area contributed by atoms with Gasteiger partial charge in [0, 0.05) is 56.1 Å². The number of ketones is 1. The lowest BCUT2D eigenvalue weighted by molar-refractivity contribution is -0.124. The lowest BCUT2D eigenvalue weighted by atomic mass is 10.1. The van der Waals surface area contributed by atoms with Crippen LogP contribution in [0, 0.1) is 23.7 Å². The molecular weight excluding hydrogens is 374 g/mol. The lowest BCUT2D eigenvalue weighted by Crippen LogP contribution is -2.34. The zero-order valence-corrected chi connectivity index (χ0v) is 17.2. The van der Waals surface area contributed by atoms with E-state index in [1.165, 1.54) is 37.5 Å². The van der Waals surface area contributed by atoms with Gasteiger partial charge < -0.3 is 5.32 Å². The van der Waals surface area contributed by atoms with Gasteiger partial charge in [0.25, 0.3) is 5.92 Å². The number of carbonyl (C=O) groups excluding carboxylic acids is 2. The van der Waals surface area contributed by atoms with Crippen LogP contribution >= 0.6 is 0 Å². The van der Waals surface area contributed by atoms with Crippen LogP contribution in [-0.4, -0.2) is 35.7 Å². The van der Waals surface area contributed by atoms with Gasteiger partial charge in [0.1, 0.15) is 5.78 Å². The molecule has 4 nitrogen and oxygen atoms in total. The fourth-order valence-corrected chi connectivity index (χ4v) is 5.34. The summed E-state index contributed by atoms with van der Waals surface area (Å²) in [5, 5.41) is 2.64. The van der Waals surface area contributed by atoms with Crippen LogP contribution in [0.15, 0.2) is 24.3 Å². The molecule has 1 saturated heterocycles. The van der Waals surface area contributed by atoms with Crippen molar-refractivity contribution in [3.63, 3.8) is 0 Å². The number of rotatable bonds is 7. The van der Waals surface area contributed by atoms with E-state index >= 15 is 0 Å². The van der Waals surface area contributed by atoms with Crippen molar-refractivity contribution in [2.24, 2.45) is 23.7 Å². The molecule has 5 atom stereocenters. The highest BCUT2D eigenvalue weighted by Crippen LogP contribution is 2.54. The van der Waals surface area contributed by atoms with Gasteiger partial charge in [-0.05, 0) is 49.1 Å². The molecule has 1 amide bonds. The summed E-state index contributed by atoms with van der Waals surface area (Å²) in [6.07, 6.45) is 4.21. The molecule has 0 radical (unpaired) electrons. The second-order valence-electron chi connectivity index (χ2n) is 9.36. The van der Waals surface area contributed by atoms with Gasteiger partial charge in [-0.3, -0.25) is 14.5 Å². The third-order valence-electron chi connectivity index (χ3n) is 7.03. The Morgan fingerprint density at radius 1 is 1.17 bits per heavy atom.